The summed E-state index contributed by atoms with van der Waals surface area (Å²) < 4.78 is 0. The Kier molecular flexibility index (Phi) is 3.43. The minimum Gasteiger partial charge on any atom is -0.0744 e. The molecular formula is C11H21B. The third-order valence-corrected chi connectivity index (χ3v) is 3.27. The van der Waals surface area contributed by atoms with Gasteiger partial charge in [0.25, 0.3) is 0 Å². The highest BCUT2D eigenvalue weighted by Gasteiger charge is 2.27. The molecule has 0 heterocycles. The van der Waals surface area contributed by atoms with Gasteiger partial charge in [0.2, 0.25) is 0 Å². The standard InChI is InChI=1S/C11H21B/c1-4-5-10-8(2)6-9(3)11(10)7-12/h9,11H,4-7,12H2,1-3H3. The lowest BCUT2D eigenvalue weighted by Gasteiger charge is -2.17. The van der Waals surface area contributed by atoms with Crippen molar-refractivity contribution >= 4 is 7.85 Å². The van der Waals surface area contributed by atoms with Crippen LogP contribution in [0.1, 0.15) is 40.0 Å². The monoisotopic (exact) mass is 164 g/mol. The molecule has 1 aliphatic carbocycles. The minimum absolute atomic E-state index is 0.907. The average Bonchev–Trinajstić information content (AvgIpc) is 2.28. The number of hydrogen-bond donors (Lipinski definition) is 0. The van der Waals surface area contributed by atoms with E-state index in [0.717, 1.165) is 11.8 Å². The van der Waals surface area contributed by atoms with Crippen molar-refractivity contribution in [3.8, 4) is 0 Å². The summed E-state index contributed by atoms with van der Waals surface area (Å²) >= 11 is 0. The molecule has 2 unspecified atom stereocenters. The zero-order valence-corrected chi connectivity index (χ0v) is 8.98. The molecule has 12 heavy (non-hydrogen) atoms. The van der Waals surface area contributed by atoms with E-state index in [0.29, 0.717) is 0 Å². The molecule has 0 aromatic rings. The van der Waals surface area contributed by atoms with Gasteiger partial charge in [-0.15, -0.1) is 0 Å². The molecule has 0 spiro atoms. The maximum atomic E-state index is 2.40. The van der Waals surface area contributed by atoms with Gasteiger partial charge in [0.15, 0.2) is 0 Å². The van der Waals surface area contributed by atoms with E-state index in [1.54, 1.807) is 11.1 Å². The predicted molar refractivity (Wildman–Crippen MR) is 58.2 cm³/mol. The van der Waals surface area contributed by atoms with Crippen LogP contribution in [0.3, 0.4) is 0 Å². The maximum Gasteiger partial charge on any atom is 0.102 e. The molecule has 1 aliphatic rings. The molecule has 2 atom stereocenters. The van der Waals surface area contributed by atoms with E-state index < -0.39 is 0 Å². The molecular weight excluding hydrogens is 143 g/mol. The Balaban J connectivity index is 2.70. The van der Waals surface area contributed by atoms with Gasteiger partial charge in [-0.3, -0.25) is 0 Å². The molecule has 0 nitrogen and oxygen atoms in total. The zero-order chi connectivity index (χ0) is 9.14. The Hall–Kier alpha value is -0.195. The first kappa shape index (κ1) is 9.89. The molecule has 0 aliphatic heterocycles. The van der Waals surface area contributed by atoms with Crippen molar-refractivity contribution in [2.24, 2.45) is 11.8 Å². The van der Waals surface area contributed by atoms with Crippen LogP contribution >= 0.6 is 0 Å². The highest BCUT2D eigenvalue weighted by molar-refractivity contribution is 6.08. The Morgan fingerprint density at radius 2 is 2.17 bits per heavy atom. The fraction of sp³-hybridized carbons (Fsp3) is 0.818. The molecule has 0 N–H and O–H groups in total. The number of allylic oxidation sites excluding steroid dienone is 2. The van der Waals surface area contributed by atoms with Crippen LogP contribution in [-0.4, -0.2) is 7.85 Å². The molecule has 1 heteroatoms. The van der Waals surface area contributed by atoms with Crippen molar-refractivity contribution in [2.45, 2.75) is 46.4 Å². The van der Waals surface area contributed by atoms with Gasteiger partial charge in [0.1, 0.15) is 7.85 Å². The summed E-state index contributed by atoms with van der Waals surface area (Å²) in [6.07, 6.45) is 5.35. The van der Waals surface area contributed by atoms with E-state index in [-0.39, 0.29) is 0 Å². The SMILES string of the molecule is BCC1C(CCC)=C(C)CC1C. The van der Waals surface area contributed by atoms with Crippen LogP contribution in [0.4, 0.5) is 0 Å². The normalized spacial score (nSPS) is 29.9. The molecule has 0 amide bonds. The third kappa shape index (κ3) is 1.76. The number of rotatable bonds is 3. The topological polar surface area (TPSA) is 0 Å². The first-order chi connectivity index (χ1) is 5.70. The fourth-order valence-corrected chi connectivity index (χ4v) is 2.73. The lowest BCUT2D eigenvalue weighted by molar-refractivity contribution is 0.470. The summed E-state index contributed by atoms with van der Waals surface area (Å²) in [5.74, 6) is 1.82. The number of hydrogen-bond acceptors (Lipinski definition) is 0. The van der Waals surface area contributed by atoms with Crippen molar-refractivity contribution in [1.82, 2.24) is 0 Å². The highest BCUT2D eigenvalue weighted by atomic mass is 14.3. The van der Waals surface area contributed by atoms with Crippen LogP contribution in [0, 0.1) is 11.8 Å². The van der Waals surface area contributed by atoms with Gasteiger partial charge >= 0.3 is 0 Å². The van der Waals surface area contributed by atoms with Crippen molar-refractivity contribution in [3.63, 3.8) is 0 Å². The highest BCUT2D eigenvalue weighted by Crippen LogP contribution is 2.40. The van der Waals surface area contributed by atoms with Gasteiger partial charge in [-0.05, 0) is 31.6 Å². The van der Waals surface area contributed by atoms with Crippen LogP contribution in [-0.2, 0) is 0 Å². The van der Waals surface area contributed by atoms with Gasteiger partial charge in [-0.25, -0.2) is 0 Å². The van der Waals surface area contributed by atoms with Gasteiger partial charge < -0.3 is 0 Å². The van der Waals surface area contributed by atoms with E-state index in [1.807, 2.05) is 0 Å². The Morgan fingerprint density at radius 3 is 2.67 bits per heavy atom. The van der Waals surface area contributed by atoms with Crippen LogP contribution in [0.2, 0.25) is 6.32 Å². The largest absolute Gasteiger partial charge is 0.102 e. The molecule has 68 valence electrons. The second-order valence-corrected chi connectivity index (χ2v) is 4.25. The van der Waals surface area contributed by atoms with Crippen molar-refractivity contribution in [3.05, 3.63) is 11.1 Å². The van der Waals surface area contributed by atoms with Gasteiger partial charge in [-0.2, -0.15) is 0 Å². The van der Waals surface area contributed by atoms with Crippen molar-refractivity contribution < 1.29 is 0 Å². The summed E-state index contributed by atoms with van der Waals surface area (Å²) in [7, 11) is 2.33. The van der Waals surface area contributed by atoms with Crippen molar-refractivity contribution in [2.75, 3.05) is 0 Å². The average molecular weight is 164 g/mol. The lowest BCUT2D eigenvalue weighted by Crippen LogP contribution is -2.07. The quantitative estimate of drug-likeness (QED) is 0.444. The van der Waals surface area contributed by atoms with E-state index in [2.05, 4.69) is 28.6 Å². The van der Waals surface area contributed by atoms with E-state index in [9.17, 15) is 0 Å². The van der Waals surface area contributed by atoms with Crippen LogP contribution in [0.5, 0.6) is 0 Å². The zero-order valence-electron chi connectivity index (χ0n) is 8.98. The van der Waals surface area contributed by atoms with E-state index in [1.165, 1.54) is 25.6 Å². The molecule has 0 bridgehead atoms. The summed E-state index contributed by atoms with van der Waals surface area (Å²) in [6.45, 7) is 7.02. The molecule has 0 aromatic heterocycles. The second kappa shape index (κ2) is 4.16. The fourth-order valence-electron chi connectivity index (χ4n) is 2.73. The summed E-state index contributed by atoms with van der Waals surface area (Å²) in [6, 6.07) is 0. The molecule has 0 saturated carbocycles. The predicted octanol–water partition coefficient (Wildman–Crippen LogP) is 2.81. The molecule has 0 aromatic carbocycles. The molecule has 1 rings (SSSR count). The summed E-state index contributed by atoms with van der Waals surface area (Å²) in [4.78, 5) is 0. The first-order valence-electron chi connectivity index (χ1n) is 5.39. The van der Waals surface area contributed by atoms with Gasteiger partial charge in [0, 0.05) is 0 Å². The van der Waals surface area contributed by atoms with Gasteiger partial charge in [-0.1, -0.05) is 37.7 Å². The Morgan fingerprint density at radius 1 is 1.50 bits per heavy atom. The summed E-state index contributed by atoms with van der Waals surface area (Å²) in [5.41, 5.74) is 3.48. The smallest absolute Gasteiger partial charge is 0.0744 e. The Labute approximate surface area is 77.8 Å². The molecule has 0 fully saturated rings. The van der Waals surface area contributed by atoms with Gasteiger partial charge in [0.05, 0.1) is 0 Å². The van der Waals surface area contributed by atoms with E-state index in [4.69, 9.17) is 0 Å². The molecule has 0 saturated heterocycles. The third-order valence-electron chi connectivity index (χ3n) is 3.27. The Bertz CT molecular complexity index is 181. The second-order valence-electron chi connectivity index (χ2n) is 4.25. The molecule has 0 radical (unpaired) electrons. The minimum atomic E-state index is 0.907. The first-order valence-corrected chi connectivity index (χ1v) is 5.39. The maximum absolute atomic E-state index is 2.40. The summed E-state index contributed by atoms with van der Waals surface area (Å²) in [5, 5.41) is 0. The van der Waals surface area contributed by atoms with Crippen molar-refractivity contribution in [1.29, 1.82) is 0 Å². The van der Waals surface area contributed by atoms with Crippen LogP contribution in [0.25, 0.3) is 0 Å². The van der Waals surface area contributed by atoms with Crippen LogP contribution < -0.4 is 0 Å². The lowest BCUT2D eigenvalue weighted by atomic mass is 9.80. The van der Waals surface area contributed by atoms with Crippen LogP contribution in [0.15, 0.2) is 11.1 Å². The van der Waals surface area contributed by atoms with E-state index >= 15 is 0 Å².